The normalized spacial score (nSPS) is 13.9. The highest BCUT2D eigenvalue weighted by molar-refractivity contribution is 7.89. The van der Waals surface area contributed by atoms with E-state index in [0.29, 0.717) is 5.39 Å². The van der Waals surface area contributed by atoms with E-state index in [-0.39, 0.29) is 11.5 Å². The lowest BCUT2D eigenvalue weighted by Gasteiger charge is -2.23. The minimum atomic E-state index is -3.60. The van der Waals surface area contributed by atoms with Crippen molar-refractivity contribution in [3.8, 4) is 0 Å². The summed E-state index contributed by atoms with van der Waals surface area (Å²) in [7, 11) is -2.12. The van der Waals surface area contributed by atoms with Gasteiger partial charge in [-0.25, -0.2) is 8.42 Å². The molecule has 0 amide bonds. The van der Waals surface area contributed by atoms with Crippen molar-refractivity contribution in [1.29, 1.82) is 0 Å². The Morgan fingerprint density at radius 3 is 2.47 bits per heavy atom. The van der Waals surface area contributed by atoms with E-state index < -0.39 is 16.1 Å². The van der Waals surface area contributed by atoms with Gasteiger partial charge < -0.3 is 5.11 Å². The standard InChI is InChI=1S/C14H17NO3S/c1-11(10-16)15(2)19(17,18)14-9-5-7-12-6-3-4-8-13(12)14/h3-9,11,16H,10H2,1-2H3. The minimum absolute atomic E-state index is 0.208. The molecule has 0 bridgehead atoms. The molecule has 0 saturated heterocycles. The maximum atomic E-state index is 12.6. The van der Waals surface area contributed by atoms with Gasteiger partial charge in [0, 0.05) is 18.5 Å². The van der Waals surface area contributed by atoms with Gasteiger partial charge >= 0.3 is 0 Å². The second-order valence-electron chi connectivity index (χ2n) is 4.53. The predicted molar refractivity (Wildman–Crippen MR) is 75.4 cm³/mol. The first-order valence-electron chi connectivity index (χ1n) is 6.05. The fourth-order valence-electron chi connectivity index (χ4n) is 1.93. The number of hydrogen-bond acceptors (Lipinski definition) is 3. The molecular weight excluding hydrogens is 262 g/mol. The quantitative estimate of drug-likeness (QED) is 0.929. The van der Waals surface area contributed by atoms with Gasteiger partial charge in [-0.15, -0.1) is 0 Å². The van der Waals surface area contributed by atoms with Gasteiger partial charge in [-0.2, -0.15) is 4.31 Å². The highest BCUT2D eigenvalue weighted by Crippen LogP contribution is 2.25. The van der Waals surface area contributed by atoms with E-state index in [2.05, 4.69) is 0 Å². The van der Waals surface area contributed by atoms with Crippen LogP contribution in [-0.2, 0) is 10.0 Å². The molecule has 5 heteroatoms. The highest BCUT2D eigenvalue weighted by atomic mass is 32.2. The Balaban J connectivity index is 2.61. The van der Waals surface area contributed by atoms with Crippen molar-refractivity contribution in [2.75, 3.05) is 13.7 Å². The van der Waals surface area contributed by atoms with E-state index in [9.17, 15) is 8.42 Å². The molecule has 102 valence electrons. The molecule has 2 aromatic rings. The zero-order chi connectivity index (χ0) is 14.0. The average Bonchev–Trinajstić information content (AvgIpc) is 2.44. The number of nitrogens with zero attached hydrogens (tertiary/aromatic N) is 1. The van der Waals surface area contributed by atoms with Crippen LogP contribution in [-0.4, -0.2) is 37.5 Å². The van der Waals surface area contributed by atoms with Gasteiger partial charge in [0.1, 0.15) is 0 Å². The van der Waals surface area contributed by atoms with E-state index in [4.69, 9.17) is 5.11 Å². The topological polar surface area (TPSA) is 57.6 Å². The molecule has 0 aromatic heterocycles. The van der Waals surface area contributed by atoms with Crippen molar-refractivity contribution >= 4 is 20.8 Å². The molecule has 0 aliphatic carbocycles. The summed E-state index contributed by atoms with van der Waals surface area (Å²) in [5.41, 5.74) is 0. The first-order chi connectivity index (χ1) is 8.98. The molecule has 1 atom stereocenters. The van der Waals surface area contributed by atoms with Gasteiger partial charge in [-0.3, -0.25) is 0 Å². The van der Waals surface area contributed by atoms with E-state index in [1.807, 2.05) is 24.3 Å². The first kappa shape index (κ1) is 14.0. The molecule has 2 aromatic carbocycles. The van der Waals surface area contributed by atoms with Crippen LogP contribution in [0.4, 0.5) is 0 Å². The van der Waals surface area contributed by atoms with Crippen LogP contribution in [0.25, 0.3) is 10.8 Å². The fourth-order valence-corrected chi connectivity index (χ4v) is 3.49. The number of aliphatic hydroxyl groups excluding tert-OH is 1. The average molecular weight is 279 g/mol. The van der Waals surface area contributed by atoms with E-state index in [0.717, 1.165) is 5.39 Å². The predicted octanol–water partition coefficient (Wildman–Crippen LogP) is 1.84. The fraction of sp³-hybridized carbons (Fsp3) is 0.286. The van der Waals surface area contributed by atoms with Gasteiger partial charge in [0.05, 0.1) is 11.5 Å². The molecule has 4 nitrogen and oxygen atoms in total. The van der Waals surface area contributed by atoms with Crippen molar-refractivity contribution in [3.63, 3.8) is 0 Å². The van der Waals surface area contributed by atoms with Crippen molar-refractivity contribution < 1.29 is 13.5 Å². The van der Waals surface area contributed by atoms with Crippen LogP contribution in [0.15, 0.2) is 47.4 Å². The van der Waals surface area contributed by atoms with Gasteiger partial charge in [0.25, 0.3) is 0 Å². The zero-order valence-corrected chi connectivity index (χ0v) is 11.8. The maximum absolute atomic E-state index is 12.6. The van der Waals surface area contributed by atoms with Crippen LogP contribution < -0.4 is 0 Å². The summed E-state index contributed by atoms with van der Waals surface area (Å²) in [4.78, 5) is 0.272. The summed E-state index contributed by atoms with van der Waals surface area (Å²) in [6.07, 6.45) is 0. The van der Waals surface area contributed by atoms with Gasteiger partial charge in [0.2, 0.25) is 10.0 Å². The summed E-state index contributed by atoms with van der Waals surface area (Å²) >= 11 is 0. The maximum Gasteiger partial charge on any atom is 0.243 e. The molecular formula is C14H17NO3S. The van der Waals surface area contributed by atoms with E-state index in [1.165, 1.54) is 11.4 Å². The number of aliphatic hydroxyl groups is 1. The van der Waals surface area contributed by atoms with Gasteiger partial charge in [-0.1, -0.05) is 36.4 Å². The van der Waals surface area contributed by atoms with Gasteiger partial charge in [0.15, 0.2) is 0 Å². The second kappa shape index (κ2) is 5.28. The van der Waals surface area contributed by atoms with Crippen LogP contribution >= 0.6 is 0 Å². The summed E-state index contributed by atoms with van der Waals surface area (Å²) in [6, 6.07) is 12.1. The van der Waals surface area contributed by atoms with Crippen molar-refractivity contribution in [2.45, 2.75) is 17.9 Å². The molecule has 0 aliphatic rings. The number of benzene rings is 2. The SMILES string of the molecule is CC(CO)N(C)S(=O)(=O)c1cccc2ccccc12. The molecule has 0 heterocycles. The van der Waals surface area contributed by atoms with E-state index in [1.54, 1.807) is 25.1 Å². The molecule has 0 aliphatic heterocycles. The third kappa shape index (κ3) is 2.49. The number of sulfonamides is 1. The molecule has 1 N–H and O–H groups in total. The van der Waals surface area contributed by atoms with Crippen LogP contribution in [0.1, 0.15) is 6.92 Å². The Morgan fingerprint density at radius 2 is 1.79 bits per heavy atom. The molecule has 2 rings (SSSR count). The zero-order valence-electron chi connectivity index (χ0n) is 10.9. The van der Waals surface area contributed by atoms with Crippen LogP contribution in [0.3, 0.4) is 0 Å². The van der Waals surface area contributed by atoms with Crippen LogP contribution in [0.5, 0.6) is 0 Å². The summed E-state index contributed by atoms with van der Waals surface area (Å²) in [5.74, 6) is 0. The summed E-state index contributed by atoms with van der Waals surface area (Å²) < 4.78 is 26.3. The smallest absolute Gasteiger partial charge is 0.243 e. The first-order valence-corrected chi connectivity index (χ1v) is 7.49. The summed E-state index contributed by atoms with van der Waals surface area (Å²) in [6.45, 7) is 1.46. The van der Waals surface area contributed by atoms with Crippen molar-refractivity contribution in [1.82, 2.24) is 4.31 Å². The lowest BCUT2D eigenvalue weighted by Crippen LogP contribution is -2.37. The Bertz CT molecular complexity index is 677. The Kier molecular flexibility index (Phi) is 3.89. The monoisotopic (exact) mass is 279 g/mol. The Hall–Kier alpha value is -1.43. The molecule has 0 fully saturated rings. The summed E-state index contributed by atoms with van der Waals surface area (Å²) in [5, 5.41) is 10.7. The Morgan fingerprint density at radius 1 is 1.16 bits per heavy atom. The molecule has 1 unspecified atom stereocenters. The molecule has 0 saturated carbocycles. The number of fused-ring (bicyclic) bond motifs is 1. The largest absolute Gasteiger partial charge is 0.395 e. The Labute approximate surface area is 113 Å². The third-order valence-corrected chi connectivity index (χ3v) is 5.32. The third-order valence-electron chi connectivity index (χ3n) is 3.29. The lowest BCUT2D eigenvalue weighted by atomic mass is 10.1. The minimum Gasteiger partial charge on any atom is -0.395 e. The second-order valence-corrected chi connectivity index (χ2v) is 6.50. The van der Waals surface area contributed by atoms with Crippen molar-refractivity contribution in [2.24, 2.45) is 0 Å². The number of hydrogen-bond donors (Lipinski definition) is 1. The number of rotatable bonds is 4. The van der Waals surface area contributed by atoms with E-state index >= 15 is 0 Å². The van der Waals surface area contributed by atoms with Crippen LogP contribution in [0, 0.1) is 0 Å². The van der Waals surface area contributed by atoms with Crippen molar-refractivity contribution in [3.05, 3.63) is 42.5 Å². The molecule has 0 spiro atoms. The highest BCUT2D eigenvalue weighted by Gasteiger charge is 2.26. The molecule has 0 radical (unpaired) electrons. The number of likely N-dealkylation sites (N-methyl/N-ethyl adjacent to an activating group) is 1. The van der Waals surface area contributed by atoms with Crippen LogP contribution in [0.2, 0.25) is 0 Å². The lowest BCUT2D eigenvalue weighted by molar-refractivity contribution is 0.214. The van der Waals surface area contributed by atoms with Gasteiger partial charge in [-0.05, 0) is 18.4 Å². The molecule has 19 heavy (non-hydrogen) atoms.